The van der Waals surface area contributed by atoms with Gasteiger partial charge in [0.25, 0.3) is 5.91 Å². The lowest BCUT2D eigenvalue weighted by Gasteiger charge is -2.31. The van der Waals surface area contributed by atoms with Crippen LogP contribution in [-0.2, 0) is 10.2 Å². The summed E-state index contributed by atoms with van der Waals surface area (Å²) >= 11 is 0. The Morgan fingerprint density at radius 3 is 2.14 bits per heavy atom. The number of hydrogen-bond acceptors (Lipinski definition) is 3. The van der Waals surface area contributed by atoms with Crippen molar-refractivity contribution in [3.05, 3.63) is 65.7 Å². The van der Waals surface area contributed by atoms with Gasteiger partial charge in [-0.05, 0) is 41.8 Å². The maximum atomic E-state index is 12.3. The second kappa shape index (κ2) is 10.3. The van der Waals surface area contributed by atoms with Crippen LogP contribution < -0.4 is 10.1 Å². The molecule has 1 atom stereocenters. The first-order chi connectivity index (χ1) is 13.3. The maximum absolute atomic E-state index is 12.3. The van der Waals surface area contributed by atoms with Crippen LogP contribution in [0.3, 0.4) is 0 Å². The number of benzene rings is 2. The number of rotatable bonds is 9. The molecule has 0 aliphatic carbocycles. The molecule has 0 unspecified atom stereocenters. The number of para-hydroxylation sites is 1. The molecule has 4 nitrogen and oxygen atoms in total. The van der Waals surface area contributed by atoms with E-state index in [4.69, 9.17) is 4.74 Å². The molecule has 0 aliphatic rings. The second-order valence-corrected chi connectivity index (χ2v) is 8.01. The molecule has 0 saturated carbocycles. The van der Waals surface area contributed by atoms with Crippen LogP contribution >= 0.6 is 0 Å². The van der Waals surface area contributed by atoms with Gasteiger partial charge >= 0.3 is 0 Å². The molecule has 28 heavy (non-hydrogen) atoms. The van der Waals surface area contributed by atoms with E-state index in [1.54, 1.807) is 0 Å². The first-order valence-corrected chi connectivity index (χ1v) is 10.1. The monoisotopic (exact) mass is 382 g/mol. The number of amides is 1. The second-order valence-electron chi connectivity index (χ2n) is 8.01. The van der Waals surface area contributed by atoms with Gasteiger partial charge in [-0.2, -0.15) is 0 Å². The third-order valence-corrected chi connectivity index (χ3v) is 5.02. The number of carbonyl (C=O) groups is 1. The molecule has 0 aromatic heterocycles. The van der Waals surface area contributed by atoms with Crippen LogP contribution in [0.25, 0.3) is 0 Å². The van der Waals surface area contributed by atoms with Gasteiger partial charge in [0.2, 0.25) is 0 Å². The van der Waals surface area contributed by atoms with Gasteiger partial charge in [0.05, 0.1) is 6.04 Å². The maximum Gasteiger partial charge on any atom is 0.258 e. The van der Waals surface area contributed by atoms with Crippen LogP contribution in [0.2, 0.25) is 0 Å². The third-order valence-electron chi connectivity index (χ3n) is 5.02. The van der Waals surface area contributed by atoms with Crippen molar-refractivity contribution in [1.29, 1.82) is 0 Å². The molecule has 0 fully saturated rings. The van der Waals surface area contributed by atoms with Crippen molar-refractivity contribution in [3.8, 4) is 5.75 Å². The zero-order valence-electron chi connectivity index (χ0n) is 17.9. The minimum absolute atomic E-state index is 0.0257. The molecular formula is C24H34N2O2. The fraction of sp³-hybridized carbons (Fsp3) is 0.458. The SMILES string of the molecule is CCN(CC)[C@H](CNC(=O)COc1ccccc1)c1ccc(C(C)(C)C)cc1. The quantitative estimate of drug-likeness (QED) is 0.691. The van der Waals surface area contributed by atoms with E-state index in [9.17, 15) is 4.79 Å². The van der Waals surface area contributed by atoms with E-state index >= 15 is 0 Å². The largest absolute Gasteiger partial charge is 0.484 e. The molecule has 0 heterocycles. The molecule has 4 heteroatoms. The van der Waals surface area contributed by atoms with Crippen LogP contribution in [0, 0.1) is 0 Å². The Bertz CT molecular complexity index is 717. The van der Waals surface area contributed by atoms with Crippen LogP contribution in [0.4, 0.5) is 0 Å². The van der Waals surface area contributed by atoms with Crippen LogP contribution in [0.5, 0.6) is 5.75 Å². The summed E-state index contributed by atoms with van der Waals surface area (Å²) in [4.78, 5) is 14.6. The molecule has 2 aromatic carbocycles. The number of carbonyl (C=O) groups excluding carboxylic acids is 1. The Balaban J connectivity index is 2.01. The topological polar surface area (TPSA) is 41.6 Å². The fourth-order valence-electron chi connectivity index (χ4n) is 3.25. The summed E-state index contributed by atoms with van der Waals surface area (Å²) in [5, 5.41) is 3.04. The van der Waals surface area contributed by atoms with Gasteiger partial charge < -0.3 is 10.1 Å². The number of ether oxygens (including phenoxy) is 1. The summed E-state index contributed by atoms with van der Waals surface area (Å²) in [6.45, 7) is 13.4. The van der Waals surface area contributed by atoms with Crippen molar-refractivity contribution in [2.24, 2.45) is 0 Å². The van der Waals surface area contributed by atoms with Crippen LogP contribution in [-0.4, -0.2) is 37.0 Å². The predicted octanol–water partition coefficient (Wildman–Crippen LogP) is 4.56. The summed E-state index contributed by atoms with van der Waals surface area (Å²) in [7, 11) is 0. The van der Waals surface area contributed by atoms with Gasteiger partial charge in [-0.1, -0.05) is 77.1 Å². The Morgan fingerprint density at radius 1 is 1.00 bits per heavy atom. The van der Waals surface area contributed by atoms with Crippen molar-refractivity contribution < 1.29 is 9.53 Å². The van der Waals surface area contributed by atoms with Gasteiger partial charge in [-0.15, -0.1) is 0 Å². The number of nitrogens with zero attached hydrogens (tertiary/aromatic N) is 1. The van der Waals surface area contributed by atoms with Crippen LogP contribution in [0.1, 0.15) is 51.8 Å². The standard InChI is InChI=1S/C24H34N2O2/c1-6-26(7-2)22(19-13-15-20(16-14-19)24(3,4)5)17-25-23(27)18-28-21-11-9-8-10-12-21/h8-16,22H,6-7,17-18H2,1-5H3,(H,25,27)/t22-/m1/s1. The number of likely N-dealkylation sites (N-methyl/N-ethyl adjacent to an activating group) is 1. The van der Waals surface area contributed by atoms with Crippen LogP contribution in [0.15, 0.2) is 54.6 Å². The first kappa shape index (κ1) is 22.0. The van der Waals surface area contributed by atoms with Gasteiger partial charge in [0, 0.05) is 6.54 Å². The lowest BCUT2D eigenvalue weighted by atomic mass is 9.86. The first-order valence-electron chi connectivity index (χ1n) is 10.1. The average molecular weight is 383 g/mol. The molecule has 0 saturated heterocycles. The highest BCUT2D eigenvalue weighted by atomic mass is 16.5. The molecule has 0 spiro atoms. The summed E-state index contributed by atoms with van der Waals surface area (Å²) in [5.41, 5.74) is 2.67. The summed E-state index contributed by atoms with van der Waals surface area (Å²) in [6, 6.07) is 18.3. The molecule has 2 aromatic rings. The minimum atomic E-state index is -0.104. The molecule has 1 N–H and O–H groups in total. The van der Waals surface area contributed by atoms with E-state index in [2.05, 4.69) is 69.1 Å². The lowest BCUT2D eigenvalue weighted by molar-refractivity contribution is -0.123. The minimum Gasteiger partial charge on any atom is -0.484 e. The van der Waals surface area contributed by atoms with E-state index in [0.29, 0.717) is 12.3 Å². The molecular weight excluding hydrogens is 348 g/mol. The number of nitrogens with one attached hydrogen (secondary N) is 1. The zero-order valence-corrected chi connectivity index (χ0v) is 17.9. The molecule has 0 aliphatic heterocycles. The molecule has 152 valence electrons. The smallest absolute Gasteiger partial charge is 0.258 e. The fourth-order valence-corrected chi connectivity index (χ4v) is 3.25. The van der Waals surface area contributed by atoms with E-state index in [1.165, 1.54) is 11.1 Å². The molecule has 0 radical (unpaired) electrons. The van der Waals surface area contributed by atoms with Crippen molar-refractivity contribution in [2.75, 3.05) is 26.2 Å². The highest BCUT2D eigenvalue weighted by molar-refractivity contribution is 5.77. The van der Waals surface area contributed by atoms with Gasteiger partial charge in [0.15, 0.2) is 6.61 Å². The highest BCUT2D eigenvalue weighted by Crippen LogP contribution is 2.26. The van der Waals surface area contributed by atoms with Crippen molar-refractivity contribution in [3.63, 3.8) is 0 Å². The molecule has 2 rings (SSSR count). The average Bonchev–Trinajstić information content (AvgIpc) is 2.70. The summed E-state index contributed by atoms with van der Waals surface area (Å²) in [6.07, 6.45) is 0. The summed E-state index contributed by atoms with van der Waals surface area (Å²) < 4.78 is 5.55. The number of hydrogen-bond donors (Lipinski definition) is 1. The highest BCUT2D eigenvalue weighted by Gasteiger charge is 2.20. The third kappa shape index (κ3) is 6.38. The summed E-state index contributed by atoms with van der Waals surface area (Å²) in [5.74, 6) is 0.600. The van der Waals surface area contributed by atoms with E-state index in [-0.39, 0.29) is 24.0 Å². The Hall–Kier alpha value is -2.33. The Morgan fingerprint density at radius 2 is 1.61 bits per heavy atom. The van der Waals surface area contributed by atoms with Crippen molar-refractivity contribution in [2.45, 2.75) is 46.1 Å². The zero-order chi connectivity index (χ0) is 20.6. The van der Waals surface area contributed by atoms with E-state index in [1.807, 2.05) is 30.3 Å². The van der Waals surface area contributed by atoms with Crippen molar-refractivity contribution >= 4 is 5.91 Å². The Labute approximate surface area is 169 Å². The van der Waals surface area contributed by atoms with Gasteiger partial charge in [-0.25, -0.2) is 0 Å². The van der Waals surface area contributed by atoms with Gasteiger partial charge in [-0.3, -0.25) is 9.69 Å². The van der Waals surface area contributed by atoms with Crippen molar-refractivity contribution in [1.82, 2.24) is 10.2 Å². The van der Waals surface area contributed by atoms with E-state index in [0.717, 1.165) is 13.1 Å². The predicted molar refractivity (Wildman–Crippen MR) is 116 cm³/mol. The molecule has 0 bridgehead atoms. The Kier molecular flexibility index (Phi) is 8.06. The van der Waals surface area contributed by atoms with Gasteiger partial charge in [0.1, 0.15) is 5.75 Å². The molecule has 1 amide bonds. The normalized spacial score (nSPS) is 12.6. The lowest BCUT2D eigenvalue weighted by Crippen LogP contribution is -2.39. The van der Waals surface area contributed by atoms with E-state index < -0.39 is 0 Å².